The van der Waals surface area contributed by atoms with Gasteiger partial charge in [0.05, 0.1) is 0 Å². The first-order valence-corrected chi connectivity index (χ1v) is 19.0. The van der Waals surface area contributed by atoms with Gasteiger partial charge in [0.2, 0.25) is 0 Å². The van der Waals surface area contributed by atoms with Crippen LogP contribution in [0.4, 0.5) is 0 Å². The normalized spacial score (nSPS) is 15.0. The Morgan fingerprint density at radius 1 is 0.486 bits per heavy atom. The Hall–Kier alpha value is -3.10. The molecule has 0 bridgehead atoms. The van der Waals surface area contributed by atoms with Gasteiger partial charge >= 0.3 is 213 Å². The van der Waals surface area contributed by atoms with Gasteiger partial charge in [-0.1, -0.05) is 0 Å². The summed E-state index contributed by atoms with van der Waals surface area (Å²) in [5.41, 5.74) is 14.7. The molecule has 2 aliphatic rings. The van der Waals surface area contributed by atoms with Crippen LogP contribution in [0.15, 0.2) is 108 Å². The minimum atomic E-state index is -2.71. The van der Waals surface area contributed by atoms with E-state index in [1.165, 1.54) is 44.5 Å². The Morgan fingerprint density at radius 2 is 0.886 bits per heavy atom. The number of allylic oxidation sites excluding steroid dienone is 2. The van der Waals surface area contributed by atoms with Crippen LogP contribution >= 0.6 is 0 Å². The molecule has 6 rings (SSSR count). The molecule has 0 heterocycles. The second kappa shape index (κ2) is 8.53. The number of hydrogen-bond donors (Lipinski definition) is 0. The van der Waals surface area contributed by atoms with Gasteiger partial charge in [-0.05, 0) is 0 Å². The number of rotatable bonds is 4. The van der Waals surface area contributed by atoms with E-state index < -0.39 is 13.3 Å². The van der Waals surface area contributed by atoms with E-state index in [0.29, 0.717) is 0 Å². The second-order valence-electron chi connectivity index (χ2n) is 10.7. The molecule has 0 radical (unpaired) electrons. The molecule has 4 aromatic rings. The van der Waals surface area contributed by atoms with E-state index in [-0.39, 0.29) is 0 Å². The summed E-state index contributed by atoms with van der Waals surface area (Å²) in [6.45, 7) is 4.79. The third-order valence-electron chi connectivity index (χ3n) is 7.99. The summed E-state index contributed by atoms with van der Waals surface area (Å²) in [6, 6.07) is 35.9. The predicted octanol–water partition coefficient (Wildman–Crippen LogP) is 9.17. The standard InChI is InChI=1S/C34H32Ge/c1-23-21-27-17-11-19-29(25-13-7-5-8-14-25)31(27)33(23)35(3,4)34-24(2)22-28-18-12-20-30(32(28)34)26-15-9-6-10-16-26/h5-20H,21-22H2,1-4H3. The average Bonchev–Trinajstić information content (AvgIpc) is 3.41. The molecule has 0 amide bonds. The van der Waals surface area contributed by atoms with Crippen molar-refractivity contribution in [2.24, 2.45) is 0 Å². The Bertz CT molecular complexity index is 1390. The summed E-state index contributed by atoms with van der Waals surface area (Å²) in [7, 11) is 0. The Balaban J connectivity index is 1.56. The van der Waals surface area contributed by atoms with Crippen LogP contribution < -0.4 is 0 Å². The fourth-order valence-electron chi connectivity index (χ4n) is 6.79. The van der Waals surface area contributed by atoms with Crippen molar-refractivity contribution in [3.63, 3.8) is 0 Å². The molecule has 1 heteroatoms. The third kappa shape index (κ3) is 3.58. The van der Waals surface area contributed by atoms with Crippen LogP contribution in [-0.4, -0.2) is 13.3 Å². The van der Waals surface area contributed by atoms with Gasteiger partial charge in [-0.15, -0.1) is 0 Å². The topological polar surface area (TPSA) is 0 Å². The molecule has 2 aliphatic carbocycles. The average molecular weight is 513 g/mol. The number of fused-ring (bicyclic) bond motifs is 2. The molecular formula is C34H32Ge. The zero-order valence-electron chi connectivity index (χ0n) is 21.2. The van der Waals surface area contributed by atoms with Crippen molar-refractivity contribution in [3.05, 3.63) is 130 Å². The van der Waals surface area contributed by atoms with Crippen LogP contribution in [0.5, 0.6) is 0 Å². The molecule has 0 unspecified atom stereocenters. The van der Waals surface area contributed by atoms with E-state index in [0.717, 1.165) is 12.8 Å². The minimum absolute atomic E-state index is 1.08. The molecule has 0 fully saturated rings. The molecule has 0 atom stereocenters. The van der Waals surface area contributed by atoms with Crippen LogP contribution in [0.3, 0.4) is 0 Å². The molecule has 0 nitrogen and oxygen atoms in total. The van der Waals surface area contributed by atoms with Gasteiger partial charge in [-0.2, -0.15) is 0 Å². The van der Waals surface area contributed by atoms with Gasteiger partial charge in [0.15, 0.2) is 0 Å². The monoisotopic (exact) mass is 514 g/mol. The third-order valence-corrected chi connectivity index (χ3v) is 16.1. The fourth-order valence-corrected chi connectivity index (χ4v) is 16.0. The zero-order valence-corrected chi connectivity index (χ0v) is 23.2. The summed E-state index contributed by atoms with van der Waals surface area (Å²) in [6.07, 6.45) is 2.17. The summed E-state index contributed by atoms with van der Waals surface area (Å²) in [5.74, 6) is 5.29. The van der Waals surface area contributed by atoms with Crippen LogP contribution in [0.2, 0.25) is 11.5 Å². The maximum absolute atomic E-state index is 2.71. The zero-order chi connectivity index (χ0) is 24.2. The fraction of sp³-hybridized carbons (Fsp3) is 0.176. The predicted molar refractivity (Wildman–Crippen MR) is 154 cm³/mol. The Morgan fingerprint density at radius 3 is 1.29 bits per heavy atom. The first-order valence-electron chi connectivity index (χ1n) is 12.7. The quantitative estimate of drug-likeness (QED) is 0.239. The SMILES string of the molecule is CC1=[C]([Ge]([CH3])([CH3])[C]2=C(C)Cc3cccc(-c4ccccc4)c32)c2c(cccc2-c2ccccc2)C1. The number of hydrogen-bond acceptors (Lipinski definition) is 0. The number of benzene rings is 4. The Kier molecular flexibility index (Phi) is 5.45. The Labute approximate surface area is 212 Å². The van der Waals surface area contributed by atoms with Gasteiger partial charge in [-0.3, -0.25) is 0 Å². The van der Waals surface area contributed by atoms with Gasteiger partial charge in [0.25, 0.3) is 0 Å². The van der Waals surface area contributed by atoms with E-state index >= 15 is 0 Å². The van der Waals surface area contributed by atoms with E-state index in [1.807, 2.05) is 0 Å². The van der Waals surface area contributed by atoms with Gasteiger partial charge < -0.3 is 0 Å². The molecule has 0 aliphatic heterocycles. The van der Waals surface area contributed by atoms with Crippen molar-refractivity contribution in [3.8, 4) is 22.3 Å². The van der Waals surface area contributed by atoms with E-state index in [4.69, 9.17) is 0 Å². The maximum atomic E-state index is 2.64. The van der Waals surface area contributed by atoms with Crippen LogP contribution in [-0.2, 0) is 12.8 Å². The van der Waals surface area contributed by atoms with Crippen molar-refractivity contribution in [1.82, 2.24) is 0 Å². The van der Waals surface area contributed by atoms with Gasteiger partial charge in [0.1, 0.15) is 0 Å². The summed E-state index contributed by atoms with van der Waals surface area (Å²) in [5, 5.41) is 0. The van der Waals surface area contributed by atoms with Crippen LogP contribution in [0.1, 0.15) is 36.1 Å². The van der Waals surface area contributed by atoms with Crippen LogP contribution in [0.25, 0.3) is 31.1 Å². The van der Waals surface area contributed by atoms with Crippen molar-refractivity contribution in [2.75, 3.05) is 0 Å². The van der Waals surface area contributed by atoms with E-state index in [1.54, 1.807) is 20.0 Å². The van der Waals surface area contributed by atoms with E-state index in [9.17, 15) is 0 Å². The van der Waals surface area contributed by atoms with Crippen molar-refractivity contribution >= 4 is 22.1 Å². The second-order valence-corrected chi connectivity index (χ2v) is 19.6. The van der Waals surface area contributed by atoms with Crippen molar-refractivity contribution in [2.45, 2.75) is 38.2 Å². The van der Waals surface area contributed by atoms with Crippen molar-refractivity contribution in [1.29, 1.82) is 0 Å². The first-order chi connectivity index (χ1) is 17.0. The first kappa shape index (κ1) is 22.4. The molecule has 0 saturated heterocycles. The van der Waals surface area contributed by atoms with Crippen LogP contribution in [0, 0.1) is 0 Å². The summed E-state index contributed by atoms with van der Waals surface area (Å²) < 4.78 is 3.40. The molecule has 172 valence electrons. The molecule has 0 aromatic heterocycles. The molecule has 0 saturated carbocycles. The van der Waals surface area contributed by atoms with Crippen molar-refractivity contribution < 1.29 is 0 Å². The molecular weight excluding hydrogens is 481 g/mol. The molecule has 0 N–H and O–H groups in total. The van der Waals surface area contributed by atoms with Gasteiger partial charge in [-0.25, -0.2) is 0 Å². The molecule has 0 spiro atoms. The summed E-state index contributed by atoms with van der Waals surface area (Å²) >= 11 is -2.71. The molecule has 4 aromatic carbocycles. The summed E-state index contributed by atoms with van der Waals surface area (Å²) in [4.78, 5) is 0. The van der Waals surface area contributed by atoms with E-state index in [2.05, 4.69) is 122 Å². The molecule has 35 heavy (non-hydrogen) atoms. The van der Waals surface area contributed by atoms with Gasteiger partial charge in [0, 0.05) is 0 Å².